The molecule has 1 amide bonds. The number of hydrogen-bond donors (Lipinski definition) is 2. The predicted molar refractivity (Wildman–Crippen MR) is 119 cm³/mol. The van der Waals surface area contributed by atoms with Crippen LogP contribution in [-0.2, 0) is 0 Å². The molecule has 0 spiro atoms. The second-order valence-electron chi connectivity index (χ2n) is 7.42. The lowest BCUT2D eigenvalue weighted by molar-refractivity contribution is 0.102. The summed E-state index contributed by atoms with van der Waals surface area (Å²) in [5.41, 5.74) is 1.10. The highest BCUT2D eigenvalue weighted by molar-refractivity contribution is 6.03. The van der Waals surface area contributed by atoms with Crippen molar-refractivity contribution in [1.29, 1.82) is 0 Å². The van der Waals surface area contributed by atoms with Gasteiger partial charge in [-0.2, -0.15) is 4.98 Å². The van der Waals surface area contributed by atoms with Crippen LogP contribution in [0.3, 0.4) is 0 Å². The molecule has 0 atom stereocenters. The summed E-state index contributed by atoms with van der Waals surface area (Å²) in [6.45, 7) is 0. The minimum Gasteiger partial charge on any atom is -0.497 e. The van der Waals surface area contributed by atoms with Gasteiger partial charge in [-0.1, -0.05) is 0 Å². The number of benzene rings is 2. The van der Waals surface area contributed by atoms with Gasteiger partial charge in [0.05, 0.1) is 33.0 Å². The summed E-state index contributed by atoms with van der Waals surface area (Å²) in [6.07, 6.45) is 4.63. The van der Waals surface area contributed by atoms with Crippen molar-refractivity contribution in [1.82, 2.24) is 15.2 Å². The minimum absolute atomic E-state index is 0.146. The van der Waals surface area contributed by atoms with Gasteiger partial charge < -0.3 is 18.9 Å². The predicted octanol–water partition coefficient (Wildman–Crippen LogP) is 4.07. The van der Waals surface area contributed by atoms with Crippen molar-refractivity contribution < 1.29 is 23.7 Å². The molecule has 1 aliphatic carbocycles. The molecule has 0 aliphatic heterocycles. The van der Waals surface area contributed by atoms with E-state index < -0.39 is 0 Å². The van der Waals surface area contributed by atoms with E-state index >= 15 is 0 Å². The Labute approximate surface area is 186 Å². The van der Waals surface area contributed by atoms with E-state index in [0.717, 1.165) is 12.8 Å². The standard InChI is InChI=1S/C23H26N4O5/c1-29-16-9-10-17(19(13-16)30-2)21-24-23(27-26-21)25-22(28)14-8-11-18(20(12-14)31-3)32-15-6-4-5-7-15/h8-13,15H,4-7H2,1-3H3,(H2,24,25,26,27,28). The maximum absolute atomic E-state index is 12.7. The fourth-order valence-electron chi connectivity index (χ4n) is 3.70. The van der Waals surface area contributed by atoms with Crippen LogP contribution in [-0.4, -0.2) is 48.5 Å². The number of hydrogen-bond acceptors (Lipinski definition) is 7. The summed E-state index contributed by atoms with van der Waals surface area (Å²) >= 11 is 0. The normalized spacial score (nSPS) is 13.6. The first-order chi connectivity index (χ1) is 15.6. The molecule has 1 fully saturated rings. The molecule has 1 heterocycles. The molecule has 32 heavy (non-hydrogen) atoms. The lowest BCUT2D eigenvalue weighted by Gasteiger charge is -2.16. The quantitative estimate of drug-likeness (QED) is 0.546. The van der Waals surface area contributed by atoms with E-state index in [-0.39, 0.29) is 18.0 Å². The molecule has 1 aromatic heterocycles. The average Bonchev–Trinajstić information content (AvgIpc) is 3.51. The molecule has 9 heteroatoms. The largest absolute Gasteiger partial charge is 0.497 e. The smallest absolute Gasteiger partial charge is 0.258 e. The van der Waals surface area contributed by atoms with Crippen molar-refractivity contribution in [2.24, 2.45) is 0 Å². The summed E-state index contributed by atoms with van der Waals surface area (Å²) in [5.74, 6) is 2.63. The maximum Gasteiger partial charge on any atom is 0.258 e. The summed E-state index contributed by atoms with van der Waals surface area (Å²) in [7, 11) is 4.70. The lowest BCUT2D eigenvalue weighted by Crippen LogP contribution is -2.14. The number of carbonyl (C=O) groups excluding carboxylic acids is 1. The van der Waals surface area contributed by atoms with E-state index in [9.17, 15) is 4.79 Å². The van der Waals surface area contributed by atoms with Crippen molar-refractivity contribution in [2.75, 3.05) is 26.6 Å². The van der Waals surface area contributed by atoms with Gasteiger partial charge >= 0.3 is 0 Å². The van der Waals surface area contributed by atoms with Gasteiger partial charge in [-0.25, -0.2) is 0 Å². The molecule has 0 radical (unpaired) electrons. The van der Waals surface area contributed by atoms with Crippen LogP contribution in [0.15, 0.2) is 36.4 Å². The van der Waals surface area contributed by atoms with Gasteiger partial charge in [0.2, 0.25) is 5.95 Å². The monoisotopic (exact) mass is 438 g/mol. The molecule has 0 unspecified atom stereocenters. The first kappa shape index (κ1) is 21.5. The average molecular weight is 438 g/mol. The van der Waals surface area contributed by atoms with E-state index in [4.69, 9.17) is 18.9 Å². The number of carbonyl (C=O) groups is 1. The highest BCUT2D eigenvalue weighted by Crippen LogP contribution is 2.33. The van der Waals surface area contributed by atoms with Crippen molar-refractivity contribution in [2.45, 2.75) is 31.8 Å². The lowest BCUT2D eigenvalue weighted by atomic mass is 10.2. The third kappa shape index (κ3) is 4.61. The van der Waals surface area contributed by atoms with E-state index in [1.807, 2.05) is 0 Å². The van der Waals surface area contributed by atoms with Crippen LogP contribution >= 0.6 is 0 Å². The Morgan fingerprint density at radius 3 is 2.47 bits per heavy atom. The zero-order chi connectivity index (χ0) is 22.5. The van der Waals surface area contributed by atoms with E-state index in [1.54, 1.807) is 57.7 Å². The van der Waals surface area contributed by atoms with Crippen LogP contribution in [0.5, 0.6) is 23.0 Å². The number of H-pyrrole nitrogens is 1. The number of amides is 1. The molecule has 1 saturated carbocycles. The number of ether oxygens (including phenoxy) is 4. The van der Waals surface area contributed by atoms with Crippen molar-refractivity contribution in [3.05, 3.63) is 42.0 Å². The maximum atomic E-state index is 12.7. The molecule has 4 rings (SSSR count). The van der Waals surface area contributed by atoms with Gasteiger partial charge in [0, 0.05) is 11.6 Å². The van der Waals surface area contributed by atoms with Gasteiger partial charge in [-0.05, 0) is 56.0 Å². The Morgan fingerprint density at radius 1 is 0.969 bits per heavy atom. The van der Waals surface area contributed by atoms with Gasteiger partial charge in [-0.3, -0.25) is 15.2 Å². The van der Waals surface area contributed by atoms with Crippen LogP contribution < -0.4 is 24.3 Å². The second kappa shape index (κ2) is 9.59. The number of methoxy groups -OCH3 is 3. The second-order valence-corrected chi connectivity index (χ2v) is 7.42. The Hall–Kier alpha value is -3.75. The molecule has 1 aliphatic rings. The molecule has 9 nitrogen and oxygen atoms in total. The highest BCUT2D eigenvalue weighted by Gasteiger charge is 2.20. The van der Waals surface area contributed by atoms with E-state index in [1.165, 1.54) is 12.8 Å². The van der Waals surface area contributed by atoms with Crippen LogP contribution in [0.25, 0.3) is 11.4 Å². The SMILES string of the molecule is COc1ccc(-c2nc(NC(=O)c3ccc(OC4CCCC4)c(OC)c3)n[nH]2)c(OC)c1. The number of nitrogens with zero attached hydrogens (tertiary/aromatic N) is 2. The van der Waals surface area contributed by atoms with Crippen LogP contribution in [0.2, 0.25) is 0 Å². The fraction of sp³-hybridized carbons (Fsp3) is 0.348. The minimum atomic E-state index is -0.358. The number of anilines is 1. The molecular weight excluding hydrogens is 412 g/mol. The number of nitrogens with one attached hydrogen (secondary N) is 2. The summed E-state index contributed by atoms with van der Waals surface area (Å²) in [5, 5.41) is 9.61. The Kier molecular flexibility index (Phi) is 6.44. The molecule has 168 valence electrons. The number of aromatic amines is 1. The Bertz CT molecular complexity index is 1090. The first-order valence-corrected chi connectivity index (χ1v) is 10.4. The van der Waals surface area contributed by atoms with Gasteiger partial charge in [-0.15, -0.1) is 5.10 Å². The number of aromatic nitrogens is 3. The molecule has 0 saturated heterocycles. The van der Waals surface area contributed by atoms with E-state index in [0.29, 0.717) is 39.9 Å². The molecule has 0 bridgehead atoms. The summed E-state index contributed by atoms with van der Waals surface area (Å²) in [6, 6.07) is 10.5. The molecule has 2 aromatic carbocycles. The third-order valence-electron chi connectivity index (χ3n) is 5.40. The van der Waals surface area contributed by atoms with Gasteiger partial charge in [0.1, 0.15) is 11.5 Å². The van der Waals surface area contributed by atoms with Gasteiger partial charge in [0.15, 0.2) is 17.3 Å². The van der Waals surface area contributed by atoms with Crippen LogP contribution in [0.1, 0.15) is 36.0 Å². The van der Waals surface area contributed by atoms with E-state index in [2.05, 4.69) is 20.5 Å². The van der Waals surface area contributed by atoms with Crippen molar-refractivity contribution >= 4 is 11.9 Å². The van der Waals surface area contributed by atoms with Crippen LogP contribution in [0.4, 0.5) is 5.95 Å². The highest BCUT2D eigenvalue weighted by atomic mass is 16.5. The molecule has 2 N–H and O–H groups in total. The summed E-state index contributed by atoms with van der Waals surface area (Å²) < 4.78 is 22.1. The van der Waals surface area contributed by atoms with Crippen molar-refractivity contribution in [3.63, 3.8) is 0 Å². The number of rotatable bonds is 8. The van der Waals surface area contributed by atoms with Crippen LogP contribution in [0, 0.1) is 0 Å². The topological polar surface area (TPSA) is 108 Å². The Balaban J connectivity index is 1.48. The first-order valence-electron chi connectivity index (χ1n) is 10.4. The Morgan fingerprint density at radius 2 is 1.75 bits per heavy atom. The zero-order valence-electron chi connectivity index (χ0n) is 18.3. The summed E-state index contributed by atoms with van der Waals surface area (Å²) in [4.78, 5) is 17.1. The van der Waals surface area contributed by atoms with Gasteiger partial charge in [0.25, 0.3) is 5.91 Å². The van der Waals surface area contributed by atoms with Crippen molar-refractivity contribution in [3.8, 4) is 34.4 Å². The molecular formula is C23H26N4O5. The third-order valence-corrected chi connectivity index (χ3v) is 5.40. The fourth-order valence-corrected chi connectivity index (χ4v) is 3.70. The zero-order valence-corrected chi connectivity index (χ0v) is 18.3. The molecule has 3 aromatic rings.